The lowest BCUT2D eigenvalue weighted by Crippen LogP contribution is -2.43. The van der Waals surface area contributed by atoms with Gasteiger partial charge in [-0.2, -0.15) is 0 Å². The molecule has 2 aliphatic rings. The van der Waals surface area contributed by atoms with Gasteiger partial charge in [0, 0.05) is 11.6 Å². The van der Waals surface area contributed by atoms with Crippen molar-refractivity contribution in [3.63, 3.8) is 0 Å². The minimum atomic E-state index is -0.367. The van der Waals surface area contributed by atoms with E-state index in [9.17, 15) is 14.0 Å². The summed E-state index contributed by atoms with van der Waals surface area (Å²) in [6.07, 6.45) is 4.72. The van der Waals surface area contributed by atoms with Gasteiger partial charge >= 0.3 is 6.09 Å². The number of amides is 1. The Morgan fingerprint density at radius 3 is 2.74 bits per heavy atom. The van der Waals surface area contributed by atoms with Crippen molar-refractivity contribution in [3.8, 4) is 0 Å². The van der Waals surface area contributed by atoms with Gasteiger partial charge in [0.2, 0.25) is 0 Å². The minimum absolute atomic E-state index is 0.0149. The molecule has 1 fully saturated rings. The standard InChI is InChI=1S/C22H20FNO3/c23-18-7-6-16(13-25)21(12-18)17-10-19-8-9-20(11-17)24(19)22(26)27-14-15-4-2-1-3-5-15/h1-7,10,12-13,19-20H,8-9,11,14H2. The van der Waals surface area contributed by atoms with Gasteiger partial charge in [-0.15, -0.1) is 0 Å². The first-order valence-electron chi connectivity index (χ1n) is 9.10. The van der Waals surface area contributed by atoms with E-state index in [0.29, 0.717) is 17.5 Å². The fourth-order valence-corrected chi connectivity index (χ4v) is 4.02. The fourth-order valence-electron chi connectivity index (χ4n) is 4.02. The van der Waals surface area contributed by atoms with E-state index in [-0.39, 0.29) is 30.6 Å². The van der Waals surface area contributed by atoms with Gasteiger partial charge in [0.1, 0.15) is 12.4 Å². The van der Waals surface area contributed by atoms with Crippen LogP contribution in [0.15, 0.2) is 54.6 Å². The van der Waals surface area contributed by atoms with E-state index in [0.717, 1.165) is 30.3 Å². The zero-order valence-corrected chi connectivity index (χ0v) is 14.8. The van der Waals surface area contributed by atoms with E-state index >= 15 is 0 Å². The van der Waals surface area contributed by atoms with Gasteiger partial charge < -0.3 is 4.74 Å². The molecule has 0 aromatic heterocycles. The highest BCUT2D eigenvalue weighted by molar-refractivity contribution is 5.86. The van der Waals surface area contributed by atoms with Gasteiger partial charge in [0.25, 0.3) is 0 Å². The molecule has 138 valence electrons. The van der Waals surface area contributed by atoms with Crippen LogP contribution in [0.25, 0.3) is 5.57 Å². The predicted octanol–water partition coefficient (Wildman–Crippen LogP) is 4.60. The van der Waals surface area contributed by atoms with Gasteiger partial charge in [-0.3, -0.25) is 9.69 Å². The van der Waals surface area contributed by atoms with Crippen LogP contribution in [0.1, 0.15) is 40.7 Å². The van der Waals surface area contributed by atoms with Crippen molar-refractivity contribution >= 4 is 18.0 Å². The van der Waals surface area contributed by atoms with E-state index < -0.39 is 0 Å². The van der Waals surface area contributed by atoms with E-state index in [2.05, 4.69) is 0 Å². The molecule has 2 aromatic rings. The molecule has 4 nitrogen and oxygen atoms in total. The van der Waals surface area contributed by atoms with E-state index in [1.165, 1.54) is 18.2 Å². The number of benzene rings is 2. The van der Waals surface area contributed by atoms with Crippen LogP contribution in [-0.4, -0.2) is 29.4 Å². The second kappa shape index (κ2) is 7.35. The van der Waals surface area contributed by atoms with Crippen LogP contribution in [0.2, 0.25) is 0 Å². The molecule has 0 radical (unpaired) electrons. The van der Waals surface area contributed by atoms with Crippen molar-refractivity contribution in [3.05, 3.63) is 77.1 Å². The molecule has 2 atom stereocenters. The molecule has 2 aliphatic heterocycles. The van der Waals surface area contributed by atoms with Crippen molar-refractivity contribution in [2.24, 2.45) is 0 Å². The normalized spacial score (nSPS) is 20.9. The van der Waals surface area contributed by atoms with Crippen molar-refractivity contribution in [2.75, 3.05) is 0 Å². The molecule has 5 heteroatoms. The first-order valence-corrected chi connectivity index (χ1v) is 9.10. The Balaban J connectivity index is 1.52. The Kier molecular flexibility index (Phi) is 4.75. The molecule has 1 saturated heterocycles. The molecule has 0 N–H and O–H groups in total. The largest absolute Gasteiger partial charge is 0.445 e. The van der Waals surface area contributed by atoms with E-state index in [4.69, 9.17) is 4.74 Å². The molecule has 27 heavy (non-hydrogen) atoms. The Morgan fingerprint density at radius 1 is 1.19 bits per heavy atom. The highest BCUT2D eigenvalue weighted by Gasteiger charge is 2.40. The number of carbonyl (C=O) groups is 2. The maximum absolute atomic E-state index is 13.7. The molecule has 2 heterocycles. The summed E-state index contributed by atoms with van der Waals surface area (Å²) in [5.74, 6) is -0.367. The lowest BCUT2D eigenvalue weighted by atomic mass is 9.92. The maximum Gasteiger partial charge on any atom is 0.410 e. The molecule has 2 unspecified atom stereocenters. The Labute approximate surface area is 157 Å². The summed E-state index contributed by atoms with van der Waals surface area (Å²) in [7, 11) is 0. The zero-order chi connectivity index (χ0) is 18.8. The first kappa shape index (κ1) is 17.5. The topological polar surface area (TPSA) is 46.6 Å². The van der Waals surface area contributed by atoms with Crippen molar-refractivity contribution < 1.29 is 18.7 Å². The maximum atomic E-state index is 13.7. The predicted molar refractivity (Wildman–Crippen MR) is 99.7 cm³/mol. The lowest BCUT2D eigenvalue weighted by Gasteiger charge is -2.33. The van der Waals surface area contributed by atoms with Crippen molar-refractivity contribution in [1.82, 2.24) is 4.90 Å². The van der Waals surface area contributed by atoms with Gasteiger partial charge in [0.15, 0.2) is 6.29 Å². The van der Waals surface area contributed by atoms with Crippen LogP contribution >= 0.6 is 0 Å². The molecular formula is C22H20FNO3. The third kappa shape index (κ3) is 3.50. The second-order valence-corrected chi connectivity index (χ2v) is 6.99. The third-order valence-corrected chi connectivity index (χ3v) is 5.30. The first-order chi connectivity index (χ1) is 13.2. The van der Waals surface area contributed by atoms with Crippen LogP contribution in [0.4, 0.5) is 9.18 Å². The SMILES string of the molecule is O=Cc1ccc(F)cc1C1=CC2CCC(C1)N2C(=O)OCc1ccccc1. The molecule has 4 rings (SSSR count). The van der Waals surface area contributed by atoms with Crippen LogP contribution in [0.3, 0.4) is 0 Å². The van der Waals surface area contributed by atoms with Gasteiger partial charge in [-0.25, -0.2) is 9.18 Å². The summed E-state index contributed by atoms with van der Waals surface area (Å²) in [4.78, 5) is 25.7. The fraction of sp³-hybridized carbons (Fsp3) is 0.273. The Morgan fingerprint density at radius 2 is 2.00 bits per heavy atom. The average molecular weight is 365 g/mol. The monoisotopic (exact) mass is 365 g/mol. The number of hydrogen-bond donors (Lipinski definition) is 0. The highest BCUT2D eigenvalue weighted by Crippen LogP contribution is 2.39. The number of hydrogen-bond acceptors (Lipinski definition) is 3. The van der Waals surface area contributed by atoms with Crippen LogP contribution in [0.5, 0.6) is 0 Å². The summed E-state index contributed by atoms with van der Waals surface area (Å²) in [6.45, 7) is 0.241. The summed E-state index contributed by atoms with van der Waals surface area (Å²) in [5, 5.41) is 0. The van der Waals surface area contributed by atoms with E-state index in [1.807, 2.05) is 36.4 Å². The average Bonchev–Trinajstić information content (AvgIpc) is 2.96. The molecule has 2 aromatic carbocycles. The smallest absolute Gasteiger partial charge is 0.410 e. The Bertz CT molecular complexity index is 894. The number of carbonyl (C=O) groups excluding carboxylic acids is 2. The van der Waals surface area contributed by atoms with Crippen LogP contribution in [-0.2, 0) is 11.3 Å². The third-order valence-electron chi connectivity index (χ3n) is 5.30. The van der Waals surface area contributed by atoms with Gasteiger partial charge in [-0.05, 0) is 54.2 Å². The second-order valence-electron chi connectivity index (χ2n) is 6.99. The number of nitrogens with zero attached hydrogens (tertiary/aromatic N) is 1. The number of ether oxygens (including phenoxy) is 1. The summed E-state index contributed by atoms with van der Waals surface area (Å²) >= 11 is 0. The van der Waals surface area contributed by atoms with Crippen LogP contribution in [0, 0.1) is 5.82 Å². The molecular weight excluding hydrogens is 345 g/mol. The van der Waals surface area contributed by atoms with Crippen molar-refractivity contribution in [1.29, 1.82) is 0 Å². The summed E-state index contributed by atoms with van der Waals surface area (Å²) < 4.78 is 19.2. The number of halogens is 1. The molecule has 0 saturated carbocycles. The number of aldehydes is 1. The summed E-state index contributed by atoms with van der Waals surface area (Å²) in [6, 6.07) is 13.7. The molecule has 1 amide bonds. The van der Waals surface area contributed by atoms with Gasteiger partial charge in [-0.1, -0.05) is 36.4 Å². The number of rotatable bonds is 4. The lowest BCUT2D eigenvalue weighted by molar-refractivity contribution is 0.0832. The van der Waals surface area contributed by atoms with Crippen LogP contribution < -0.4 is 0 Å². The zero-order valence-electron chi connectivity index (χ0n) is 14.8. The van der Waals surface area contributed by atoms with E-state index in [1.54, 1.807) is 4.90 Å². The highest BCUT2D eigenvalue weighted by atomic mass is 19.1. The molecule has 0 aliphatic carbocycles. The summed E-state index contributed by atoms with van der Waals surface area (Å²) in [5.41, 5.74) is 2.97. The molecule has 2 bridgehead atoms. The quantitative estimate of drug-likeness (QED) is 0.744. The minimum Gasteiger partial charge on any atom is -0.445 e. The van der Waals surface area contributed by atoms with Gasteiger partial charge in [0.05, 0.1) is 6.04 Å². The number of fused-ring (bicyclic) bond motifs is 2. The molecule has 0 spiro atoms. The Hall–Kier alpha value is -2.95. The van der Waals surface area contributed by atoms with Crippen molar-refractivity contribution in [2.45, 2.75) is 38.0 Å².